The van der Waals surface area contributed by atoms with Crippen molar-refractivity contribution < 1.29 is 4.74 Å². The van der Waals surface area contributed by atoms with Gasteiger partial charge in [0.1, 0.15) is 0 Å². The summed E-state index contributed by atoms with van der Waals surface area (Å²) < 4.78 is 5.48. The Labute approximate surface area is 124 Å². The van der Waals surface area contributed by atoms with Gasteiger partial charge in [0, 0.05) is 19.3 Å². The van der Waals surface area contributed by atoms with Crippen molar-refractivity contribution in [2.45, 2.75) is 53.0 Å². The lowest BCUT2D eigenvalue weighted by atomic mass is 10.00. The van der Waals surface area contributed by atoms with Gasteiger partial charge in [-0.3, -0.25) is 0 Å². The molecular weight excluding hydrogens is 246 g/mol. The minimum atomic E-state index is 0.411. The second kappa shape index (κ2) is 9.95. The molecule has 2 heteroatoms. The van der Waals surface area contributed by atoms with Crippen molar-refractivity contribution in [2.75, 3.05) is 19.8 Å². The zero-order valence-corrected chi connectivity index (χ0v) is 13.6. The van der Waals surface area contributed by atoms with Crippen LogP contribution in [-0.2, 0) is 11.2 Å². The second-order valence-electron chi connectivity index (χ2n) is 5.98. The topological polar surface area (TPSA) is 21.3 Å². The molecule has 0 bridgehead atoms. The summed E-state index contributed by atoms with van der Waals surface area (Å²) in [4.78, 5) is 0. The van der Waals surface area contributed by atoms with Crippen LogP contribution in [0.4, 0.5) is 0 Å². The lowest BCUT2D eigenvalue weighted by molar-refractivity contribution is 0.132. The summed E-state index contributed by atoms with van der Waals surface area (Å²) in [7, 11) is 0. The van der Waals surface area contributed by atoms with Crippen molar-refractivity contribution in [3.05, 3.63) is 35.4 Å². The molecule has 0 saturated carbocycles. The fourth-order valence-corrected chi connectivity index (χ4v) is 2.27. The van der Waals surface area contributed by atoms with Crippen molar-refractivity contribution >= 4 is 0 Å². The van der Waals surface area contributed by atoms with E-state index in [1.165, 1.54) is 11.1 Å². The molecule has 0 heterocycles. The molecule has 2 nitrogen and oxygen atoms in total. The smallest absolute Gasteiger partial charge is 0.0478 e. The molecule has 0 fully saturated rings. The molecule has 1 aromatic rings. The molecule has 1 N–H and O–H groups in total. The first kappa shape index (κ1) is 17.2. The predicted octanol–water partition coefficient (Wildman–Crippen LogP) is 4.35. The standard InChI is InChI=1S/C18H31NO/c1-5-12-20-13-6-11-19-16(4)18-9-7-17(8-10-18)14-15(2)3/h7-10,15-16,19H,5-6,11-14H2,1-4H3. The van der Waals surface area contributed by atoms with Gasteiger partial charge in [-0.2, -0.15) is 0 Å². The Morgan fingerprint density at radius 2 is 1.75 bits per heavy atom. The summed E-state index contributed by atoms with van der Waals surface area (Å²) in [5, 5.41) is 3.56. The van der Waals surface area contributed by atoms with Crippen LogP contribution >= 0.6 is 0 Å². The van der Waals surface area contributed by atoms with Crippen molar-refractivity contribution in [2.24, 2.45) is 5.92 Å². The van der Waals surface area contributed by atoms with Crippen LogP contribution in [0.2, 0.25) is 0 Å². The van der Waals surface area contributed by atoms with Crippen LogP contribution in [0.1, 0.15) is 57.7 Å². The molecule has 114 valence electrons. The molecule has 0 amide bonds. The average molecular weight is 277 g/mol. The third-order valence-corrected chi connectivity index (χ3v) is 3.39. The van der Waals surface area contributed by atoms with Crippen molar-refractivity contribution in [1.29, 1.82) is 0 Å². The predicted molar refractivity (Wildman–Crippen MR) is 87.1 cm³/mol. The van der Waals surface area contributed by atoms with E-state index >= 15 is 0 Å². The van der Waals surface area contributed by atoms with Crippen LogP contribution in [0.25, 0.3) is 0 Å². The molecule has 0 radical (unpaired) electrons. The molecule has 0 spiro atoms. The SMILES string of the molecule is CCCOCCCNC(C)c1ccc(CC(C)C)cc1. The van der Waals surface area contributed by atoms with Crippen LogP contribution in [0.3, 0.4) is 0 Å². The quantitative estimate of drug-likeness (QED) is 0.642. The number of benzene rings is 1. The summed E-state index contributed by atoms with van der Waals surface area (Å²) >= 11 is 0. The third kappa shape index (κ3) is 7.06. The van der Waals surface area contributed by atoms with Crippen molar-refractivity contribution in [1.82, 2.24) is 5.32 Å². The molecule has 0 saturated heterocycles. The van der Waals surface area contributed by atoms with Gasteiger partial charge in [-0.25, -0.2) is 0 Å². The van der Waals surface area contributed by atoms with Crippen LogP contribution in [0.5, 0.6) is 0 Å². The molecule has 1 unspecified atom stereocenters. The molecule has 20 heavy (non-hydrogen) atoms. The lowest BCUT2D eigenvalue weighted by Crippen LogP contribution is -2.21. The number of nitrogens with one attached hydrogen (secondary N) is 1. The number of rotatable bonds is 10. The highest BCUT2D eigenvalue weighted by Gasteiger charge is 2.05. The number of ether oxygens (including phenoxy) is 1. The highest BCUT2D eigenvalue weighted by Crippen LogP contribution is 2.15. The summed E-state index contributed by atoms with van der Waals surface area (Å²) in [5.41, 5.74) is 2.80. The summed E-state index contributed by atoms with van der Waals surface area (Å²) in [5.74, 6) is 0.722. The highest BCUT2D eigenvalue weighted by molar-refractivity contribution is 5.25. The minimum Gasteiger partial charge on any atom is -0.381 e. The van der Waals surface area contributed by atoms with Gasteiger partial charge < -0.3 is 10.1 Å². The van der Waals surface area contributed by atoms with E-state index in [0.29, 0.717) is 6.04 Å². The van der Waals surface area contributed by atoms with Gasteiger partial charge in [-0.05, 0) is 49.8 Å². The molecule has 1 aromatic carbocycles. The number of hydrogen-bond donors (Lipinski definition) is 1. The van der Waals surface area contributed by atoms with Crippen LogP contribution in [0, 0.1) is 5.92 Å². The fraction of sp³-hybridized carbons (Fsp3) is 0.667. The monoisotopic (exact) mass is 277 g/mol. The minimum absolute atomic E-state index is 0.411. The maximum Gasteiger partial charge on any atom is 0.0478 e. The van der Waals surface area contributed by atoms with Gasteiger partial charge in [0.15, 0.2) is 0 Å². The summed E-state index contributed by atoms with van der Waals surface area (Å²) in [6, 6.07) is 9.44. The van der Waals surface area contributed by atoms with E-state index in [1.807, 2.05) is 0 Å². The molecule has 0 aliphatic rings. The van der Waals surface area contributed by atoms with Crippen molar-refractivity contribution in [3.8, 4) is 0 Å². The Bertz CT molecular complexity index is 345. The van der Waals surface area contributed by atoms with Gasteiger partial charge >= 0.3 is 0 Å². The molecule has 1 atom stereocenters. The molecule has 0 aliphatic heterocycles. The Morgan fingerprint density at radius 1 is 1.05 bits per heavy atom. The van der Waals surface area contributed by atoms with Gasteiger partial charge in [-0.15, -0.1) is 0 Å². The average Bonchev–Trinajstić information content (AvgIpc) is 2.42. The van der Waals surface area contributed by atoms with E-state index in [1.54, 1.807) is 0 Å². The second-order valence-corrected chi connectivity index (χ2v) is 5.98. The Hall–Kier alpha value is -0.860. The van der Waals surface area contributed by atoms with Crippen LogP contribution in [0.15, 0.2) is 24.3 Å². The van der Waals surface area contributed by atoms with E-state index in [-0.39, 0.29) is 0 Å². The van der Waals surface area contributed by atoms with E-state index in [0.717, 1.165) is 44.9 Å². The van der Waals surface area contributed by atoms with E-state index in [9.17, 15) is 0 Å². The van der Waals surface area contributed by atoms with Gasteiger partial charge in [0.2, 0.25) is 0 Å². The third-order valence-electron chi connectivity index (χ3n) is 3.39. The van der Waals surface area contributed by atoms with Gasteiger partial charge in [0.25, 0.3) is 0 Å². The summed E-state index contributed by atoms with van der Waals surface area (Å²) in [6.07, 6.45) is 3.35. The zero-order chi connectivity index (χ0) is 14.8. The Morgan fingerprint density at radius 3 is 2.35 bits per heavy atom. The van der Waals surface area contributed by atoms with Crippen molar-refractivity contribution in [3.63, 3.8) is 0 Å². The Balaban J connectivity index is 2.27. The van der Waals surface area contributed by atoms with Crippen LogP contribution < -0.4 is 5.32 Å². The largest absolute Gasteiger partial charge is 0.381 e. The first-order valence-electron chi connectivity index (χ1n) is 8.03. The molecule has 0 aliphatic carbocycles. The lowest BCUT2D eigenvalue weighted by Gasteiger charge is -2.15. The summed E-state index contributed by atoms with van der Waals surface area (Å²) in [6.45, 7) is 11.7. The molecular formula is C18H31NO. The van der Waals surface area contributed by atoms with E-state index < -0.39 is 0 Å². The van der Waals surface area contributed by atoms with Gasteiger partial charge in [0.05, 0.1) is 0 Å². The maximum atomic E-state index is 5.48. The van der Waals surface area contributed by atoms with E-state index in [2.05, 4.69) is 57.3 Å². The fourth-order valence-electron chi connectivity index (χ4n) is 2.27. The Kier molecular flexibility index (Phi) is 8.56. The maximum absolute atomic E-state index is 5.48. The molecule has 0 aromatic heterocycles. The molecule has 1 rings (SSSR count). The normalized spacial score (nSPS) is 12.8. The van der Waals surface area contributed by atoms with E-state index in [4.69, 9.17) is 4.74 Å². The number of hydrogen-bond acceptors (Lipinski definition) is 2. The first-order valence-corrected chi connectivity index (χ1v) is 8.03. The van der Waals surface area contributed by atoms with Crippen LogP contribution in [-0.4, -0.2) is 19.8 Å². The highest BCUT2D eigenvalue weighted by atomic mass is 16.5. The first-order chi connectivity index (χ1) is 9.63. The zero-order valence-electron chi connectivity index (χ0n) is 13.6. The van der Waals surface area contributed by atoms with Gasteiger partial charge in [-0.1, -0.05) is 45.0 Å².